The summed E-state index contributed by atoms with van der Waals surface area (Å²) in [5, 5.41) is 3.62. The number of rotatable bonds is 2. The van der Waals surface area contributed by atoms with Gasteiger partial charge in [-0.1, -0.05) is 5.16 Å². The maximum atomic E-state index is 13.1. The van der Waals surface area contributed by atoms with Crippen LogP contribution in [-0.4, -0.2) is 14.7 Å². The highest BCUT2D eigenvalue weighted by Crippen LogP contribution is 2.32. The first-order valence-corrected chi connectivity index (χ1v) is 5.67. The number of nitrogen functional groups attached to an aromatic ring is 1. The van der Waals surface area contributed by atoms with Gasteiger partial charge in [-0.25, -0.2) is 4.98 Å². The Balaban J connectivity index is 2.20. The van der Waals surface area contributed by atoms with Crippen LogP contribution in [0, 0.1) is 0 Å². The molecule has 0 bridgehead atoms. The van der Waals surface area contributed by atoms with Gasteiger partial charge in [0.15, 0.2) is 0 Å². The molecule has 3 aromatic rings. The van der Waals surface area contributed by atoms with E-state index in [2.05, 4.69) is 14.7 Å². The Morgan fingerprint density at radius 2 is 2.05 bits per heavy atom. The van der Waals surface area contributed by atoms with Gasteiger partial charge in [0.2, 0.25) is 5.82 Å². The first kappa shape index (κ1) is 12.5. The van der Waals surface area contributed by atoms with Gasteiger partial charge in [-0.3, -0.25) is 0 Å². The van der Waals surface area contributed by atoms with E-state index in [-0.39, 0.29) is 12.1 Å². The zero-order chi connectivity index (χ0) is 14.3. The lowest BCUT2D eigenvalue weighted by Crippen LogP contribution is -2.15. The third kappa shape index (κ3) is 2.09. The minimum atomic E-state index is -4.56. The second-order valence-corrected chi connectivity index (χ2v) is 4.26. The topological polar surface area (TPSA) is 69.9 Å². The number of fused-ring (bicyclic) bond motifs is 1. The summed E-state index contributed by atoms with van der Waals surface area (Å²) in [5.74, 6) is -0.985. The normalized spacial score (nSPS) is 12.2. The standard InChI is InChI=1S/C12H9F3N4O/c13-12(14,15)11-17-9-5-7(16)1-2-10(9)19(11)6-8-3-4-20-18-8/h1-5H,6,16H2. The van der Waals surface area contributed by atoms with Crippen LogP contribution in [0.25, 0.3) is 11.0 Å². The zero-order valence-corrected chi connectivity index (χ0v) is 10.1. The van der Waals surface area contributed by atoms with Crippen LogP contribution in [0.4, 0.5) is 18.9 Å². The summed E-state index contributed by atoms with van der Waals surface area (Å²) in [6.45, 7) is -0.0776. The maximum absolute atomic E-state index is 13.1. The van der Waals surface area contributed by atoms with E-state index in [0.29, 0.717) is 16.9 Å². The van der Waals surface area contributed by atoms with Crippen LogP contribution in [-0.2, 0) is 12.7 Å². The van der Waals surface area contributed by atoms with Gasteiger partial charge in [-0.2, -0.15) is 13.2 Å². The van der Waals surface area contributed by atoms with Crippen LogP contribution in [0.5, 0.6) is 0 Å². The first-order chi connectivity index (χ1) is 9.45. The number of halogens is 3. The maximum Gasteiger partial charge on any atom is 0.449 e. The summed E-state index contributed by atoms with van der Waals surface area (Å²) in [5.41, 5.74) is 6.85. The Labute approximate surface area is 110 Å². The van der Waals surface area contributed by atoms with Crippen LogP contribution < -0.4 is 5.73 Å². The molecule has 20 heavy (non-hydrogen) atoms. The average Bonchev–Trinajstić information content (AvgIpc) is 2.97. The van der Waals surface area contributed by atoms with Crippen LogP contribution in [0.3, 0.4) is 0 Å². The molecule has 0 unspecified atom stereocenters. The van der Waals surface area contributed by atoms with Gasteiger partial charge in [0.1, 0.15) is 12.0 Å². The van der Waals surface area contributed by atoms with Crippen LogP contribution in [0.15, 0.2) is 35.1 Å². The molecular weight excluding hydrogens is 273 g/mol. The molecule has 1 aromatic carbocycles. The van der Waals surface area contributed by atoms with Crippen molar-refractivity contribution < 1.29 is 17.7 Å². The summed E-state index contributed by atoms with van der Waals surface area (Å²) in [7, 11) is 0. The van der Waals surface area contributed by atoms with Crippen LogP contribution >= 0.6 is 0 Å². The predicted octanol–water partition coefficient (Wildman–Crippen LogP) is 2.67. The van der Waals surface area contributed by atoms with Crippen molar-refractivity contribution in [3.8, 4) is 0 Å². The molecule has 0 spiro atoms. The monoisotopic (exact) mass is 282 g/mol. The summed E-state index contributed by atoms with van der Waals surface area (Å²) >= 11 is 0. The van der Waals surface area contributed by atoms with Crippen molar-refractivity contribution in [1.29, 1.82) is 0 Å². The molecule has 0 amide bonds. The van der Waals surface area contributed by atoms with Gasteiger partial charge in [0.25, 0.3) is 0 Å². The number of hydrogen-bond donors (Lipinski definition) is 1. The van der Waals surface area contributed by atoms with Gasteiger partial charge >= 0.3 is 6.18 Å². The Morgan fingerprint density at radius 1 is 1.25 bits per heavy atom. The predicted molar refractivity (Wildman–Crippen MR) is 64.8 cm³/mol. The molecule has 0 radical (unpaired) electrons. The van der Waals surface area contributed by atoms with E-state index in [1.54, 1.807) is 0 Å². The average molecular weight is 282 g/mol. The fourth-order valence-corrected chi connectivity index (χ4v) is 2.00. The second-order valence-electron chi connectivity index (χ2n) is 4.26. The van der Waals surface area contributed by atoms with E-state index < -0.39 is 12.0 Å². The summed E-state index contributed by atoms with van der Waals surface area (Å²) in [4.78, 5) is 3.62. The summed E-state index contributed by atoms with van der Waals surface area (Å²) < 4.78 is 44.9. The smallest absolute Gasteiger partial charge is 0.399 e. The van der Waals surface area contributed by atoms with Gasteiger partial charge < -0.3 is 14.8 Å². The van der Waals surface area contributed by atoms with E-state index in [0.717, 1.165) is 4.57 Å². The van der Waals surface area contributed by atoms with Crippen molar-refractivity contribution in [2.45, 2.75) is 12.7 Å². The molecule has 0 aliphatic rings. The Kier molecular flexibility index (Phi) is 2.66. The summed E-state index contributed by atoms with van der Waals surface area (Å²) in [6, 6.07) is 5.95. The number of imidazole rings is 1. The number of alkyl halides is 3. The Bertz CT molecular complexity index is 746. The Hall–Kier alpha value is -2.51. The van der Waals surface area contributed by atoms with Gasteiger partial charge in [0, 0.05) is 11.8 Å². The quantitative estimate of drug-likeness (QED) is 0.734. The molecule has 8 heteroatoms. The molecule has 0 aliphatic heterocycles. The van der Waals surface area contributed by atoms with Gasteiger partial charge in [-0.15, -0.1) is 0 Å². The fourth-order valence-electron chi connectivity index (χ4n) is 2.00. The molecule has 0 atom stereocenters. The molecule has 0 saturated heterocycles. The minimum Gasteiger partial charge on any atom is -0.399 e. The Morgan fingerprint density at radius 3 is 2.70 bits per heavy atom. The third-order valence-corrected chi connectivity index (χ3v) is 2.84. The second kappa shape index (κ2) is 4.26. The molecule has 5 nitrogen and oxygen atoms in total. The number of benzene rings is 1. The third-order valence-electron chi connectivity index (χ3n) is 2.84. The number of aromatic nitrogens is 3. The number of nitrogens with zero attached hydrogens (tertiary/aromatic N) is 3. The number of nitrogens with two attached hydrogens (primary N) is 1. The molecule has 0 aliphatic carbocycles. The van der Waals surface area contributed by atoms with E-state index in [4.69, 9.17) is 5.73 Å². The van der Waals surface area contributed by atoms with Crippen molar-refractivity contribution in [2.75, 3.05) is 5.73 Å². The molecular formula is C12H9F3N4O. The minimum absolute atomic E-state index is 0.0776. The molecule has 3 rings (SSSR count). The van der Waals surface area contributed by atoms with E-state index in [1.165, 1.54) is 30.5 Å². The van der Waals surface area contributed by atoms with Gasteiger partial charge in [0.05, 0.1) is 17.6 Å². The van der Waals surface area contributed by atoms with E-state index in [1.807, 2.05) is 0 Å². The molecule has 2 N–H and O–H groups in total. The molecule has 104 valence electrons. The van der Waals surface area contributed by atoms with Crippen molar-refractivity contribution in [3.63, 3.8) is 0 Å². The van der Waals surface area contributed by atoms with Crippen molar-refractivity contribution in [1.82, 2.24) is 14.7 Å². The largest absolute Gasteiger partial charge is 0.449 e. The molecule has 2 aromatic heterocycles. The highest BCUT2D eigenvalue weighted by molar-refractivity contribution is 5.79. The highest BCUT2D eigenvalue weighted by atomic mass is 19.4. The number of hydrogen-bond acceptors (Lipinski definition) is 4. The van der Waals surface area contributed by atoms with Crippen molar-refractivity contribution >= 4 is 16.7 Å². The molecule has 2 heterocycles. The fraction of sp³-hybridized carbons (Fsp3) is 0.167. The lowest BCUT2D eigenvalue weighted by Gasteiger charge is -2.09. The first-order valence-electron chi connectivity index (χ1n) is 5.67. The van der Waals surface area contributed by atoms with E-state index in [9.17, 15) is 13.2 Å². The SMILES string of the molecule is Nc1ccc2c(c1)nc(C(F)(F)F)n2Cc1ccon1. The molecule has 0 saturated carbocycles. The van der Waals surface area contributed by atoms with Gasteiger partial charge in [-0.05, 0) is 18.2 Å². The molecule has 0 fully saturated rings. The van der Waals surface area contributed by atoms with Crippen molar-refractivity contribution in [3.05, 3.63) is 42.0 Å². The van der Waals surface area contributed by atoms with Crippen LogP contribution in [0.2, 0.25) is 0 Å². The highest BCUT2D eigenvalue weighted by Gasteiger charge is 2.37. The summed E-state index contributed by atoms with van der Waals surface area (Å²) in [6.07, 6.45) is -3.25. The van der Waals surface area contributed by atoms with Crippen LogP contribution in [0.1, 0.15) is 11.5 Å². The lowest BCUT2D eigenvalue weighted by molar-refractivity contribution is -0.146. The number of anilines is 1. The zero-order valence-electron chi connectivity index (χ0n) is 10.1. The lowest BCUT2D eigenvalue weighted by atomic mass is 10.3. The van der Waals surface area contributed by atoms with E-state index >= 15 is 0 Å². The van der Waals surface area contributed by atoms with Crippen molar-refractivity contribution in [2.24, 2.45) is 0 Å².